The van der Waals surface area contributed by atoms with E-state index in [1.165, 1.54) is 25.3 Å². The minimum absolute atomic E-state index is 0.106. The molecule has 2 N–H and O–H groups in total. The third kappa shape index (κ3) is 6.29. The Morgan fingerprint density at radius 2 is 1.93 bits per heavy atom. The molecule has 0 aliphatic rings. The van der Waals surface area contributed by atoms with E-state index in [2.05, 4.69) is 10.6 Å². The first-order valence-electron chi connectivity index (χ1n) is 8.57. The molecule has 0 heterocycles. The maximum atomic E-state index is 13.2. The van der Waals surface area contributed by atoms with Crippen LogP contribution >= 0.6 is 0 Å². The van der Waals surface area contributed by atoms with Crippen molar-refractivity contribution in [2.45, 2.75) is 26.4 Å². The number of ether oxygens (including phenoxy) is 2. The van der Waals surface area contributed by atoms with E-state index < -0.39 is 12.0 Å². The highest BCUT2D eigenvalue weighted by atomic mass is 19.1. The summed E-state index contributed by atoms with van der Waals surface area (Å²) >= 11 is 0. The second-order valence-corrected chi connectivity index (χ2v) is 6.13. The lowest BCUT2D eigenvalue weighted by Gasteiger charge is -2.16. The van der Waals surface area contributed by atoms with E-state index in [4.69, 9.17) is 9.47 Å². The molecule has 0 spiro atoms. The van der Waals surface area contributed by atoms with Crippen LogP contribution in [0, 0.1) is 5.82 Å². The van der Waals surface area contributed by atoms with E-state index in [1.54, 1.807) is 24.3 Å². The van der Waals surface area contributed by atoms with Gasteiger partial charge in [-0.25, -0.2) is 14.0 Å². The number of nitrogens with one attached hydrogen (secondary N) is 2. The van der Waals surface area contributed by atoms with Crippen molar-refractivity contribution in [2.75, 3.05) is 19.0 Å². The van der Waals surface area contributed by atoms with Crippen LogP contribution in [0.3, 0.4) is 0 Å². The van der Waals surface area contributed by atoms with Gasteiger partial charge < -0.3 is 20.1 Å². The summed E-state index contributed by atoms with van der Waals surface area (Å²) in [5.41, 5.74) is 1.44. The number of esters is 1. The van der Waals surface area contributed by atoms with Crippen LogP contribution in [0.2, 0.25) is 0 Å². The Kier molecular flexibility index (Phi) is 7.16. The van der Waals surface area contributed by atoms with E-state index in [0.29, 0.717) is 30.0 Å². The number of methoxy groups -OCH3 is 1. The summed E-state index contributed by atoms with van der Waals surface area (Å²) < 4.78 is 23.5. The lowest BCUT2D eigenvalue weighted by atomic mass is 10.1. The van der Waals surface area contributed by atoms with Crippen molar-refractivity contribution in [2.24, 2.45) is 0 Å². The fraction of sp³-hybridized carbons (Fsp3) is 0.300. The Balaban J connectivity index is 2.02. The predicted octanol–water partition coefficient (Wildman–Crippen LogP) is 3.76. The molecule has 7 heteroatoms. The Morgan fingerprint density at radius 1 is 1.15 bits per heavy atom. The van der Waals surface area contributed by atoms with Crippen LogP contribution < -0.4 is 15.4 Å². The van der Waals surface area contributed by atoms with Gasteiger partial charge in [0.25, 0.3) is 0 Å². The normalized spacial score (nSPS) is 10.4. The molecule has 144 valence electrons. The van der Waals surface area contributed by atoms with E-state index >= 15 is 0 Å². The fourth-order valence-corrected chi connectivity index (χ4v) is 2.41. The highest BCUT2D eigenvalue weighted by Gasteiger charge is 2.14. The molecule has 0 aliphatic heterocycles. The number of anilines is 1. The zero-order valence-corrected chi connectivity index (χ0v) is 15.5. The average Bonchev–Trinajstić information content (AvgIpc) is 2.62. The number of urea groups is 1. The van der Waals surface area contributed by atoms with E-state index in [-0.39, 0.29) is 11.9 Å². The number of carbonyl (C=O) groups is 2. The standard InChI is InChI=1S/C20H23FN2O4/c1-13(2)27-18-8-7-15(19(24)26-3)12-17(18)23-20(25)22-10-9-14-5-4-6-16(21)11-14/h4-8,11-13H,9-10H2,1-3H3,(H2,22,23,25). The number of amides is 2. The molecule has 0 atom stereocenters. The molecule has 0 fully saturated rings. The summed E-state index contributed by atoms with van der Waals surface area (Å²) in [6, 6.07) is 10.4. The van der Waals surface area contributed by atoms with Gasteiger partial charge in [-0.05, 0) is 56.2 Å². The van der Waals surface area contributed by atoms with Crippen molar-refractivity contribution in [1.82, 2.24) is 5.32 Å². The van der Waals surface area contributed by atoms with Crippen LogP contribution in [0.15, 0.2) is 42.5 Å². The molecule has 0 aromatic heterocycles. The number of hydrogen-bond acceptors (Lipinski definition) is 4. The fourth-order valence-electron chi connectivity index (χ4n) is 2.41. The maximum Gasteiger partial charge on any atom is 0.337 e. The number of benzene rings is 2. The van der Waals surface area contributed by atoms with Crippen LogP contribution in [0.1, 0.15) is 29.8 Å². The molecule has 6 nitrogen and oxygen atoms in total. The van der Waals surface area contributed by atoms with Crippen LogP contribution in [0.25, 0.3) is 0 Å². The van der Waals surface area contributed by atoms with Gasteiger partial charge in [0.15, 0.2) is 0 Å². The van der Waals surface area contributed by atoms with Crippen molar-refractivity contribution in [3.63, 3.8) is 0 Å². The molecule has 2 aromatic rings. The topological polar surface area (TPSA) is 76.7 Å². The van der Waals surface area contributed by atoms with Gasteiger partial charge >= 0.3 is 12.0 Å². The summed E-state index contributed by atoms with van der Waals surface area (Å²) in [5, 5.41) is 5.37. The average molecular weight is 374 g/mol. The molecular weight excluding hydrogens is 351 g/mol. The Labute approximate surface area is 157 Å². The van der Waals surface area contributed by atoms with E-state index in [9.17, 15) is 14.0 Å². The van der Waals surface area contributed by atoms with Crippen molar-refractivity contribution in [1.29, 1.82) is 0 Å². The Morgan fingerprint density at radius 3 is 2.59 bits per heavy atom. The lowest BCUT2D eigenvalue weighted by Crippen LogP contribution is -2.30. The zero-order chi connectivity index (χ0) is 19.8. The molecular formula is C20H23FN2O4. The summed E-state index contributed by atoms with van der Waals surface area (Å²) in [6.45, 7) is 4.04. The third-order valence-corrected chi connectivity index (χ3v) is 3.60. The van der Waals surface area contributed by atoms with E-state index in [1.807, 2.05) is 13.8 Å². The van der Waals surface area contributed by atoms with Crippen LogP contribution in [0.4, 0.5) is 14.9 Å². The van der Waals surface area contributed by atoms with Gasteiger partial charge in [0.05, 0.1) is 24.5 Å². The highest BCUT2D eigenvalue weighted by molar-refractivity contribution is 5.95. The number of hydrogen-bond donors (Lipinski definition) is 2. The van der Waals surface area contributed by atoms with Crippen molar-refractivity contribution >= 4 is 17.7 Å². The van der Waals surface area contributed by atoms with E-state index in [0.717, 1.165) is 5.56 Å². The van der Waals surface area contributed by atoms with Gasteiger partial charge in [0.2, 0.25) is 0 Å². The minimum atomic E-state index is -0.513. The molecule has 0 aliphatic carbocycles. The molecule has 2 aromatic carbocycles. The first-order chi connectivity index (χ1) is 12.9. The Bertz CT molecular complexity index is 808. The van der Waals surface area contributed by atoms with Gasteiger partial charge in [-0.1, -0.05) is 12.1 Å². The second kappa shape index (κ2) is 9.56. The number of rotatable bonds is 7. The molecule has 0 saturated carbocycles. The van der Waals surface area contributed by atoms with Crippen molar-refractivity contribution in [3.05, 3.63) is 59.4 Å². The van der Waals surface area contributed by atoms with Crippen LogP contribution in [0.5, 0.6) is 5.75 Å². The van der Waals surface area contributed by atoms with Gasteiger partial charge in [0.1, 0.15) is 11.6 Å². The molecule has 2 rings (SSSR count). The quantitative estimate of drug-likeness (QED) is 0.724. The van der Waals surface area contributed by atoms with Gasteiger partial charge in [-0.2, -0.15) is 0 Å². The molecule has 0 unspecified atom stereocenters. The molecule has 27 heavy (non-hydrogen) atoms. The maximum absolute atomic E-state index is 13.2. The molecule has 0 saturated heterocycles. The summed E-state index contributed by atoms with van der Waals surface area (Å²) in [6.07, 6.45) is 0.383. The van der Waals surface area contributed by atoms with Crippen molar-refractivity contribution in [3.8, 4) is 5.75 Å². The SMILES string of the molecule is COC(=O)c1ccc(OC(C)C)c(NC(=O)NCCc2cccc(F)c2)c1. The Hall–Kier alpha value is -3.09. The molecule has 0 bridgehead atoms. The smallest absolute Gasteiger partial charge is 0.337 e. The third-order valence-electron chi connectivity index (χ3n) is 3.60. The first kappa shape index (κ1) is 20.2. The van der Waals surface area contributed by atoms with Crippen LogP contribution in [-0.2, 0) is 11.2 Å². The van der Waals surface area contributed by atoms with Gasteiger partial charge in [0, 0.05) is 6.54 Å². The minimum Gasteiger partial charge on any atom is -0.489 e. The van der Waals surface area contributed by atoms with Gasteiger partial charge in [-0.15, -0.1) is 0 Å². The van der Waals surface area contributed by atoms with Crippen molar-refractivity contribution < 1.29 is 23.5 Å². The summed E-state index contributed by atoms with van der Waals surface area (Å²) in [4.78, 5) is 23.9. The summed E-state index contributed by atoms with van der Waals surface area (Å²) in [5.74, 6) is -0.384. The number of carbonyl (C=O) groups excluding carboxylic acids is 2. The van der Waals surface area contributed by atoms with Gasteiger partial charge in [-0.3, -0.25) is 0 Å². The largest absolute Gasteiger partial charge is 0.489 e. The lowest BCUT2D eigenvalue weighted by molar-refractivity contribution is 0.0600. The monoisotopic (exact) mass is 374 g/mol. The zero-order valence-electron chi connectivity index (χ0n) is 15.5. The predicted molar refractivity (Wildman–Crippen MR) is 101 cm³/mol. The number of halogens is 1. The van der Waals surface area contributed by atoms with Crippen LogP contribution in [-0.4, -0.2) is 31.8 Å². The first-order valence-corrected chi connectivity index (χ1v) is 8.57. The second-order valence-electron chi connectivity index (χ2n) is 6.13. The highest BCUT2D eigenvalue weighted by Crippen LogP contribution is 2.27. The molecule has 2 amide bonds. The summed E-state index contributed by atoms with van der Waals surface area (Å²) in [7, 11) is 1.28. The molecule has 0 radical (unpaired) electrons.